The molecule has 1 aromatic rings. The first-order chi connectivity index (χ1) is 13.0. The Morgan fingerprint density at radius 3 is 2.96 bits per heavy atom. The zero-order valence-corrected chi connectivity index (χ0v) is 15.5. The van der Waals surface area contributed by atoms with Crippen LogP contribution in [-0.2, 0) is 4.79 Å². The first-order valence-electron chi connectivity index (χ1n) is 8.57. The molecular formula is C19H22N6O2. The van der Waals surface area contributed by atoms with E-state index < -0.39 is 0 Å². The Hall–Kier alpha value is -3.52. The SMILES string of the molecule is C#C/C=C(\C=C(/C)C#N)CN1CC(=O)Nc2c(N)nc(OCCCC)nc21. The zero-order chi connectivity index (χ0) is 19.8. The Bertz CT molecular complexity index is 860. The molecule has 8 nitrogen and oxygen atoms in total. The van der Waals surface area contributed by atoms with Crippen molar-refractivity contribution in [3.63, 3.8) is 0 Å². The standard InChI is InChI=1S/C19H22N6O2/c1-4-6-8-27-19-23-17(21)16-18(24-19)25(12-15(26)22-16)11-14(7-5-2)9-13(3)10-20/h2,7,9H,4,6,8,11-12H2,1,3H3,(H,22,26)(H2,21,23,24)/b13-9+,14-7+. The van der Waals surface area contributed by atoms with Gasteiger partial charge in [0.15, 0.2) is 11.6 Å². The number of hydrogen-bond acceptors (Lipinski definition) is 7. The number of aromatic nitrogens is 2. The number of rotatable bonds is 7. The van der Waals surface area contributed by atoms with Gasteiger partial charge in [-0.3, -0.25) is 4.79 Å². The molecule has 0 saturated carbocycles. The summed E-state index contributed by atoms with van der Waals surface area (Å²) in [5.41, 5.74) is 7.53. The Kier molecular flexibility index (Phi) is 6.79. The number of nitrogens with two attached hydrogens (primary N) is 1. The molecule has 2 heterocycles. The predicted octanol–water partition coefficient (Wildman–Crippen LogP) is 2.03. The summed E-state index contributed by atoms with van der Waals surface area (Å²) in [5, 5.41) is 11.7. The van der Waals surface area contributed by atoms with Gasteiger partial charge in [-0.2, -0.15) is 15.2 Å². The van der Waals surface area contributed by atoms with Crippen LogP contribution in [-0.4, -0.2) is 35.6 Å². The average molecular weight is 366 g/mol. The van der Waals surface area contributed by atoms with Crippen molar-refractivity contribution in [1.29, 1.82) is 5.26 Å². The fourth-order valence-electron chi connectivity index (χ4n) is 2.49. The Morgan fingerprint density at radius 1 is 1.52 bits per heavy atom. The zero-order valence-electron chi connectivity index (χ0n) is 15.5. The minimum absolute atomic E-state index is 0.0687. The number of terminal acetylenes is 1. The highest BCUT2D eigenvalue weighted by atomic mass is 16.5. The smallest absolute Gasteiger partial charge is 0.320 e. The number of ether oxygens (including phenoxy) is 1. The Morgan fingerprint density at radius 2 is 2.30 bits per heavy atom. The van der Waals surface area contributed by atoms with E-state index in [1.54, 1.807) is 24.0 Å². The summed E-state index contributed by atoms with van der Waals surface area (Å²) in [5.74, 6) is 2.81. The summed E-state index contributed by atoms with van der Waals surface area (Å²) in [6, 6.07) is 2.21. The number of allylic oxidation sites excluding steroid dienone is 2. The molecule has 0 aromatic carbocycles. The molecule has 0 fully saturated rings. The third-order valence-corrected chi connectivity index (χ3v) is 3.75. The second kappa shape index (κ2) is 9.25. The third-order valence-electron chi connectivity index (χ3n) is 3.75. The quantitative estimate of drug-likeness (QED) is 0.328. The second-order valence-electron chi connectivity index (χ2n) is 6.02. The minimum Gasteiger partial charge on any atom is -0.463 e. The van der Waals surface area contributed by atoms with E-state index in [-0.39, 0.29) is 30.8 Å². The van der Waals surface area contributed by atoms with Gasteiger partial charge in [-0.1, -0.05) is 19.3 Å². The average Bonchev–Trinajstić information content (AvgIpc) is 2.63. The van der Waals surface area contributed by atoms with Crippen molar-refractivity contribution in [2.24, 2.45) is 0 Å². The topological polar surface area (TPSA) is 117 Å². The highest BCUT2D eigenvalue weighted by Crippen LogP contribution is 2.33. The lowest BCUT2D eigenvalue weighted by molar-refractivity contribution is -0.115. The van der Waals surface area contributed by atoms with Crippen LogP contribution in [0.3, 0.4) is 0 Å². The maximum atomic E-state index is 12.1. The summed E-state index contributed by atoms with van der Waals surface area (Å²) in [6.07, 6.45) is 10.5. The molecule has 1 amide bonds. The van der Waals surface area contributed by atoms with E-state index in [9.17, 15) is 4.79 Å². The van der Waals surface area contributed by atoms with Crippen LogP contribution in [0.25, 0.3) is 0 Å². The fraction of sp³-hybridized carbons (Fsp3) is 0.368. The van der Waals surface area contributed by atoms with Crippen LogP contribution >= 0.6 is 0 Å². The summed E-state index contributed by atoms with van der Waals surface area (Å²) in [6.45, 7) is 4.57. The fourth-order valence-corrected chi connectivity index (χ4v) is 2.49. The van der Waals surface area contributed by atoms with E-state index in [1.165, 1.54) is 0 Å². The van der Waals surface area contributed by atoms with Crippen molar-refractivity contribution in [3.8, 4) is 24.4 Å². The van der Waals surface area contributed by atoms with Gasteiger partial charge in [0, 0.05) is 12.1 Å². The van der Waals surface area contributed by atoms with Crippen molar-refractivity contribution in [2.75, 3.05) is 35.6 Å². The van der Waals surface area contributed by atoms with Crippen LogP contribution in [0.1, 0.15) is 26.7 Å². The van der Waals surface area contributed by atoms with Crippen LogP contribution in [0.15, 0.2) is 23.3 Å². The maximum Gasteiger partial charge on any atom is 0.320 e. The number of anilines is 3. The summed E-state index contributed by atoms with van der Waals surface area (Å²) in [7, 11) is 0. The van der Waals surface area contributed by atoms with Crippen LogP contribution in [0.4, 0.5) is 17.3 Å². The number of carbonyl (C=O) groups is 1. The molecule has 8 heteroatoms. The minimum atomic E-state index is -0.238. The number of nitrogens with zero attached hydrogens (tertiary/aromatic N) is 4. The van der Waals surface area contributed by atoms with Crippen LogP contribution in [0.2, 0.25) is 0 Å². The molecule has 2 rings (SSSR count). The van der Waals surface area contributed by atoms with Gasteiger partial charge in [0.2, 0.25) is 5.91 Å². The molecule has 1 aliphatic rings. The molecule has 3 N–H and O–H groups in total. The number of nitriles is 1. The molecule has 0 aliphatic carbocycles. The van der Waals surface area contributed by atoms with Gasteiger partial charge in [-0.25, -0.2) is 0 Å². The largest absolute Gasteiger partial charge is 0.463 e. The van der Waals surface area contributed by atoms with Crippen LogP contribution in [0, 0.1) is 23.7 Å². The number of amides is 1. The van der Waals surface area contributed by atoms with E-state index in [1.807, 2.05) is 0 Å². The monoisotopic (exact) mass is 366 g/mol. The molecule has 0 saturated heterocycles. The molecule has 140 valence electrons. The highest BCUT2D eigenvalue weighted by molar-refractivity contribution is 6.03. The van der Waals surface area contributed by atoms with Crippen molar-refractivity contribution in [2.45, 2.75) is 26.7 Å². The van der Waals surface area contributed by atoms with E-state index in [4.69, 9.17) is 22.2 Å². The van der Waals surface area contributed by atoms with Crippen molar-refractivity contribution >= 4 is 23.2 Å². The molecule has 0 atom stereocenters. The van der Waals surface area contributed by atoms with Gasteiger partial charge in [0.25, 0.3) is 0 Å². The number of nitrogens with one attached hydrogen (secondary N) is 1. The first-order valence-corrected chi connectivity index (χ1v) is 8.57. The number of fused-ring (bicyclic) bond motifs is 1. The summed E-state index contributed by atoms with van der Waals surface area (Å²) in [4.78, 5) is 22.3. The molecule has 0 bridgehead atoms. The first kappa shape index (κ1) is 19.8. The molecule has 0 radical (unpaired) electrons. The Labute approximate surface area is 158 Å². The third kappa shape index (κ3) is 5.23. The lowest BCUT2D eigenvalue weighted by Crippen LogP contribution is -2.40. The van der Waals surface area contributed by atoms with Crippen LogP contribution in [0.5, 0.6) is 6.01 Å². The van der Waals surface area contributed by atoms with Crippen molar-refractivity contribution < 1.29 is 9.53 Å². The molecular weight excluding hydrogens is 344 g/mol. The van der Waals surface area contributed by atoms with E-state index in [0.29, 0.717) is 29.3 Å². The maximum absolute atomic E-state index is 12.1. The van der Waals surface area contributed by atoms with Crippen LogP contribution < -0.4 is 20.7 Å². The van der Waals surface area contributed by atoms with Gasteiger partial charge in [0.1, 0.15) is 5.69 Å². The normalized spacial score (nSPS) is 14.1. The lowest BCUT2D eigenvalue weighted by Gasteiger charge is -2.30. The molecule has 0 spiro atoms. The van der Waals surface area contributed by atoms with E-state index in [0.717, 1.165) is 12.8 Å². The van der Waals surface area contributed by atoms with Gasteiger partial charge < -0.3 is 20.7 Å². The van der Waals surface area contributed by atoms with Gasteiger partial charge in [-0.15, -0.1) is 6.42 Å². The van der Waals surface area contributed by atoms with Gasteiger partial charge in [-0.05, 0) is 31.1 Å². The summed E-state index contributed by atoms with van der Waals surface area (Å²) < 4.78 is 5.56. The predicted molar refractivity (Wildman–Crippen MR) is 104 cm³/mol. The van der Waals surface area contributed by atoms with Crippen molar-refractivity contribution in [1.82, 2.24) is 9.97 Å². The van der Waals surface area contributed by atoms with Gasteiger partial charge in [0.05, 0.1) is 19.2 Å². The highest BCUT2D eigenvalue weighted by Gasteiger charge is 2.27. The lowest BCUT2D eigenvalue weighted by atomic mass is 10.1. The number of carbonyl (C=O) groups excluding carboxylic acids is 1. The van der Waals surface area contributed by atoms with Gasteiger partial charge >= 0.3 is 6.01 Å². The number of nitrogen functional groups attached to an aromatic ring is 1. The number of hydrogen-bond donors (Lipinski definition) is 2. The number of unbranched alkanes of at least 4 members (excludes halogenated alkanes) is 1. The van der Waals surface area contributed by atoms with E-state index in [2.05, 4.69) is 34.2 Å². The molecule has 1 aliphatic heterocycles. The molecule has 1 aromatic heterocycles. The summed E-state index contributed by atoms with van der Waals surface area (Å²) >= 11 is 0. The van der Waals surface area contributed by atoms with E-state index >= 15 is 0 Å². The second-order valence-corrected chi connectivity index (χ2v) is 6.02. The molecule has 0 unspecified atom stereocenters. The van der Waals surface area contributed by atoms with Crippen molar-refractivity contribution in [3.05, 3.63) is 23.3 Å². The Balaban J connectivity index is 2.37. The molecule has 27 heavy (non-hydrogen) atoms.